The number of aliphatic hydroxyl groups excluding tert-OH is 1. The number of nitrogens with one attached hydrogen (secondary N) is 3. The maximum Gasteiger partial charge on any atom is 0.326 e. The topological polar surface area (TPSA) is 171 Å². The van der Waals surface area contributed by atoms with Crippen molar-refractivity contribution < 1.29 is 29.4 Å². The second kappa shape index (κ2) is 11.6. The molecule has 0 saturated heterocycles. The Morgan fingerprint density at radius 1 is 0.857 bits per heavy atom. The van der Waals surface area contributed by atoms with Gasteiger partial charge in [0.25, 0.3) is 0 Å². The van der Waals surface area contributed by atoms with Crippen LogP contribution >= 0.6 is 0 Å². The van der Waals surface area contributed by atoms with Gasteiger partial charge in [-0.05, 0) is 32.1 Å². The van der Waals surface area contributed by atoms with E-state index in [0.29, 0.717) is 0 Å². The summed E-state index contributed by atoms with van der Waals surface area (Å²) in [5.74, 6) is -3.36. The van der Waals surface area contributed by atoms with Crippen molar-refractivity contribution in [3.63, 3.8) is 0 Å². The summed E-state index contributed by atoms with van der Waals surface area (Å²) in [5.41, 5.74) is 5.52. The number of nitrogens with two attached hydrogens (primary N) is 1. The molecule has 7 N–H and O–H groups in total. The third-order valence-corrected chi connectivity index (χ3v) is 4.14. The monoisotopic (exact) mass is 402 g/mol. The lowest BCUT2D eigenvalue weighted by Gasteiger charge is -2.26. The van der Waals surface area contributed by atoms with Gasteiger partial charge in [0.05, 0.1) is 6.10 Å². The summed E-state index contributed by atoms with van der Waals surface area (Å²) in [4.78, 5) is 48.1. The Bertz CT molecular complexity index is 564. The van der Waals surface area contributed by atoms with Crippen LogP contribution in [0, 0.1) is 11.8 Å². The van der Waals surface area contributed by atoms with E-state index in [0.717, 1.165) is 0 Å². The molecule has 0 fully saturated rings. The Balaban J connectivity index is 5.04. The fourth-order valence-corrected chi connectivity index (χ4v) is 2.36. The molecule has 0 heterocycles. The largest absolute Gasteiger partial charge is 0.480 e. The first-order valence-electron chi connectivity index (χ1n) is 9.35. The highest BCUT2D eigenvalue weighted by Crippen LogP contribution is 2.08. The van der Waals surface area contributed by atoms with Gasteiger partial charge < -0.3 is 31.9 Å². The zero-order valence-corrected chi connectivity index (χ0v) is 17.4. The van der Waals surface area contributed by atoms with Gasteiger partial charge in [0.15, 0.2) is 0 Å². The van der Waals surface area contributed by atoms with Gasteiger partial charge in [-0.2, -0.15) is 0 Å². The van der Waals surface area contributed by atoms with E-state index in [1.807, 2.05) is 13.8 Å². The average Bonchev–Trinajstić information content (AvgIpc) is 2.56. The molecule has 3 amide bonds. The van der Waals surface area contributed by atoms with Gasteiger partial charge in [0.1, 0.15) is 24.2 Å². The molecule has 0 saturated carbocycles. The van der Waals surface area contributed by atoms with Gasteiger partial charge in [0.2, 0.25) is 17.7 Å². The summed E-state index contributed by atoms with van der Waals surface area (Å²) in [6, 6.07) is -4.23. The summed E-state index contributed by atoms with van der Waals surface area (Å²) in [5, 5.41) is 26.0. The molecule has 10 nitrogen and oxygen atoms in total. The Kier molecular flexibility index (Phi) is 10.7. The lowest BCUT2D eigenvalue weighted by molar-refractivity contribution is -0.143. The second-order valence-corrected chi connectivity index (χ2v) is 7.76. The molecule has 0 rings (SSSR count). The first-order valence-corrected chi connectivity index (χ1v) is 9.35. The maximum atomic E-state index is 12.5. The van der Waals surface area contributed by atoms with Crippen LogP contribution in [0.15, 0.2) is 0 Å². The summed E-state index contributed by atoms with van der Waals surface area (Å²) < 4.78 is 0. The van der Waals surface area contributed by atoms with Crippen LogP contribution in [0.5, 0.6) is 0 Å². The minimum Gasteiger partial charge on any atom is -0.480 e. The van der Waals surface area contributed by atoms with Crippen molar-refractivity contribution in [1.29, 1.82) is 0 Å². The van der Waals surface area contributed by atoms with Gasteiger partial charge in [0, 0.05) is 0 Å². The summed E-state index contributed by atoms with van der Waals surface area (Å²) in [6.45, 7) is 9.85. The van der Waals surface area contributed by atoms with Gasteiger partial charge in [-0.1, -0.05) is 27.7 Å². The number of rotatable bonds is 11. The SMILES string of the molecule is CC(C)CC(NC(=O)C(NC(=O)C(C)NC(=O)C(N)C(C)O)C(C)C)C(=O)O. The van der Waals surface area contributed by atoms with Gasteiger partial charge in [-0.15, -0.1) is 0 Å². The zero-order chi connectivity index (χ0) is 22.2. The van der Waals surface area contributed by atoms with Crippen LogP contribution in [-0.4, -0.2) is 64.2 Å². The van der Waals surface area contributed by atoms with E-state index in [1.165, 1.54) is 13.8 Å². The molecule has 5 unspecified atom stereocenters. The van der Waals surface area contributed by atoms with Crippen LogP contribution in [0.25, 0.3) is 0 Å². The molecule has 5 atom stereocenters. The number of aliphatic carboxylic acids is 1. The summed E-state index contributed by atoms with van der Waals surface area (Å²) in [6.07, 6.45) is -0.831. The first kappa shape index (κ1) is 25.8. The summed E-state index contributed by atoms with van der Waals surface area (Å²) in [7, 11) is 0. The molecule has 0 aromatic carbocycles. The highest BCUT2D eigenvalue weighted by Gasteiger charge is 2.31. The number of carbonyl (C=O) groups excluding carboxylic acids is 3. The van der Waals surface area contributed by atoms with E-state index in [4.69, 9.17) is 5.73 Å². The van der Waals surface area contributed by atoms with Crippen LogP contribution < -0.4 is 21.7 Å². The summed E-state index contributed by atoms with van der Waals surface area (Å²) >= 11 is 0. The van der Waals surface area contributed by atoms with Gasteiger partial charge in [-0.25, -0.2) is 4.79 Å². The third-order valence-electron chi connectivity index (χ3n) is 4.14. The molecule has 0 bridgehead atoms. The van der Waals surface area contributed by atoms with Crippen molar-refractivity contribution in [3.05, 3.63) is 0 Å². The maximum absolute atomic E-state index is 12.5. The third kappa shape index (κ3) is 8.66. The number of aliphatic hydroxyl groups is 1. The number of carboxylic acid groups (broad SMARTS) is 1. The van der Waals surface area contributed by atoms with E-state index in [2.05, 4.69) is 16.0 Å². The molecule has 0 spiro atoms. The standard InChI is InChI=1S/C18H34N4O6/c1-8(2)7-12(18(27)28)21-17(26)14(9(3)4)22-15(24)10(5)20-16(25)13(19)11(6)23/h8-14,23H,7,19H2,1-6H3,(H,20,25)(H,21,26)(H,22,24)(H,27,28). The molecule has 28 heavy (non-hydrogen) atoms. The zero-order valence-electron chi connectivity index (χ0n) is 17.4. The molecular weight excluding hydrogens is 368 g/mol. The van der Waals surface area contributed by atoms with E-state index in [-0.39, 0.29) is 18.3 Å². The lowest BCUT2D eigenvalue weighted by Crippen LogP contribution is -2.58. The molecule has 10 heteroatoms. The smallest absolute Gasteiger partial charge is 0.326 e. The number of hydrogen-bond donors (Lipinski definition) is 6. The molecule has 162 valence electrons. The van der Waals surface area contributed by atoms with E-state index in [1.54, 1.807) is 13.8 Å². The second-order valence-electron chi connectivity index (χ2n) is 7.76. The van der Waals surface area contributed by atoms with Crippen LogP contribution in [0.2, 0.25) is 0 Å². The van der Waals surface area contributed by atoms with E-state index < -0.39 is 54.0 Å². The van der Waals surface area contributed by atoms with Crippen molar-refractivity contribution in [2.75, 3.05) is 0 Å². The van der Waals surface area contributed by atoms with Crippen LogP contribution in [0.1, 0.15) is 48.0 Å². The normalized spacial score (nSPS) is 16.6. The van der Waals surface area contributed by atoms with Gasteiger partial charge in [-0.3, -0.25) is 14.4 Å². The average molecular weight is 402 g/mol. The highest BCUT2D eigenvalue weighted by atomic mass is 16.4. The molecule has 0 aliphatic rings. The molecule has 0 aromatic heterocycles. The van der Waals surface area contributed by atoms with Crippen LogP contribution in [0.3, 0.4) is 0 Å². The Morgan fingerprint density at radius 3 is 1.79 bits per heavy atom. The van der Waals surface area contributed by atoms with Crippen LogP contribution in [0.4, 0.5) is 0 Å². The quantitative estimate of drug-likeness (QED) is 0.256. The van der Waals surface area contributed by atoms with Gasteiger partial charge >= 0.3 is 5.97 Å². The van der Waals surface area contributed by atoms with Crippen molar-refractivity contribution >= 4 is 23.7 Å². The molecule has 0 aromatic rings. The van der Waals surface area contributed by atoms with Crippen molar-refractivity contribution in [3.8, 4) is 0 Å². The first-order chi connectivity index (χ1) is 12.8. The van der Waals surface area contributed by atoms with Crippen molar-refractivity contribution in [2.24, 2.45) is 17.6 Å². The fourth-order valence-electron chi connectivity index (χ4n) is 2.36. The van der Waals surface area contributed by atoms with Crippen molar-refractivity contribution in [1.82, 2.24) is 16.0 Å². The lowest BCUT2D eigenvalue weighted by atomic mass is 10.00. The Hall–Kier alpha value is -2.20. The fraction of sp³-hybridized carbons (Fsp3) is 0.778. The number of amides is 3. The minimum atomic E-state index is -1.19. The Morgan fingerprint density at radius 2 is 1.39 bits per heavy atom. The van der Waals surface area contributed by atoms with E-state index in [9.17, 15) is 29.4 Å². The molecule has 0 aliphatic carbocycles. The minimum absolute atomic E-state index is 0.0573. The predicted molar refractivity (Wildman–Crippen MR) is 103 cm³/mol. The van der Waals surface area contributed by atoms with E-state index >= 15 is 0 Å². The number of carboxylic acids is 1. The molecule has 0 radical (unpaired) electrons. The highest BCUT2D eigenvalue weighted by molar-refractivity contribution is 5.94. The molecule has 0 aliphatic heterocycles. The number of carbonyl (C=O) groups is 4. The predicted octanol–water partition coefficient (Wildman–Crippen LogP) is -1.04. The van der Waals surface area contributed by atoms with Crippen LogP contribution in [-0.2, 0) is 19.2 Å². The molecular formula is C18H34N4O6. The number of hydrogen-bond acceptors (Lipinski definition) is 6. The van der Waals surface area contributed by atoms with Crippen molar-refractivity contribution in [2.45, 2.75) is 78.2 Å². The Labute approximate surface area is 165 Å².